The standard InChI is InChI=1S/C29H28O/c1-3-23(2)24-19-21-28(22-20-24)30-29(25-13-7-4-8-14-25,26-15-9-5-10-16-26)27-17-11-6-12-18-27/h4-23H,3H2,1-2H3. The van der Waals surface area contributed by atoms with E-state index in [1.54, 1.807) is 0 Å². The van der Waals surface area contributed by atoms with Gasteiger partial charge in [0.2, 0.25) is 0 Å². The first kappa shape index (κ1) is 20.0. The fourth-order valence-corrected chi connectivity index (χ4v) is 3.97. The molecule has 4 rings (SSSR count). The van der Waals surface area contributed by atoms with Gasteiger partial charge in [0.1, 0.15) is 5.75 Å². The van der Waals surface area contributed by atoms with Crippen LogP contribution in [0.2, 0.25) is 0 Å². The van der Waals surface area contributed by atoms with Crippen LogP contribution in [0, 0.1) is 0 Å². The fourth-order valence-electron chi connectivity index (χ4n) is 3.97. The van der Waals surface area contributed by atoms with E-state index in [0.717, 1.165) is 28.9 Å². The lowest BCUT2D eigenvalue weighted by atomic mass is 9.80. The van der Waals surface area contributed by atoms with Crippen molar-refractivity contribution in [1.82, 2.24) is 0 Å². The number of rotatable bonds is 7. The summed E-state index contributed by atoms with van der Waals surface area (Å²) in [4.78, 5) is 0. The van der Waals surface area contributed by atoms with Crippen molar-refractivity contribution in [2.45, 2.75) is 31.8 Å². The van der Waals surface area contributed by atoms with Crippen molar-refractivity contribution in [3.8, 4) is 5.75 Å². The maximum Gasteiger partial charge on any atom is 0.184 e. The molecular weight excluding hydrogens is 364 g/mol. The molecule has 0 heterocycles. The van der Waals surface area contributed by atoms with Crippen LogP contribution in [0.4, 0.5) is 0 Å². The van der Waals surface area contributed by atoms with Crippen LogP contribution >= 0.6 is 0 Å². The van der Waals surface area contributed by atoms with E-state index < -0.39 is 5.60 Å². The molecule has 1 heteroatoms. The maximum atomic E-state index is 6.93. The van der Waals surface area contributed by atoms with E-state index in [9.17, 15) is 0 Å². The van der Waals surface area contributed by atoms with E-state index in [1.807, 2.05) is 18.2 Å². The lowest BCUT2D eigenvalue weighted by Crippen LogP contribution is -2.36. The van der Waals surface area contributed by atoms with E-state index in [4.69, 9.17) is 4.74 Å². The Morgan fingerprint density at radius 3 is 1.37 bits per heavy atom. The highest BCUT2D eigenvalue weighted by molar-refractivity contribution is 5.49. The zero-order valence-corrected chi connectivity index (χ0v) is 17.7. The molecule has 0 aromatic heterocycles. The van der Waals surface area contributed by atoms with Crippen LogP contribution in [0.5, 0.6) is 5.75 Å². The Morgan fingerprint density at radius 2 is 1.00 bits per heavy atom. The summed E-state index contributed by atoms with van der Waals surface area (Å²) in [5.41, 5.74) is 3.92. The molecule has 150 valence electrons. The molecule has 0 aliphatic rings. The normalized spacial score (nSPS) is 12.3. The molecule has 1 atom stereocenters. The third-order valence-electron chi connectivity index (χ3n) is 5.87. The zero-order valence-electron chi connectivity index (χ0n) is 17.7. The van der Waals surface area contributed by atoms with Crippen LogP contribution in [0.1, 0.15) is 48.4 Å². The Labute approximate surface area is 180 Å². The van der Waals surface area contributed by atoms with Crippen LogP contribution in [-0.4, -0.2) is 0 Å². The minimum Gasteiger partial charge on any atom is -0.473 e. The molecule has 0 saturated carbocycles. The SMILES string of the molecule is CCC(C)c1ccc(OC(c2ccccc2)(c2ccccc2)c2ccccc2)cc1. The average molecular weight is 393 g/mol. The second-order valence-corrected chi connectivity index (χ2v) is 7.76. The topological polar surface area (TPSA) is 9.23 Å². The number of benzene rings is 4. The third kappa shape index (κ3) is 3.89. The molecule has 0 spiro atoms. The highest BCUT2D eigenvalue weighted by Gasteiger charge is 2.38. The first-order valence-electron chi connectivity index (χ1n) is 10.7. The predicted molar refractivity (Wildman–Crippen MR) is 125 cm³/mol. The van der Waals surface area contributed by atoms with Crippen LogP contribution in [0.15, 0.2) is 115 Å². The van der Waals surface area contributed by atoms with Crippen LogP contribution in [-0.2, 0) is 5.60 Å². The van der Waals surface area contributed by atoms with Crippen molar-refractivity contribution in [2.24, 2.45) is 0 Å². The molecule has 4 aromatic rings. The summed E-state index contributed by atoms with van der Waals surface area (Å²) in [6, 6.07) is 40.1. The Hall–Kier alpha value is -3.32. The van der Waals surface area contributed by atoms with Gasteiger partial charge in [-0.25, -0.2) is 0 Å². The molecule has 0 amide bonds. The summed E-state index contributed by atoms with van der Waals surface area (Å²) in [6.45, 7) is 4.48. The van der Waals surface area contributed by atoms with Crippen molar-refractivity contribution >= 4 is 0 Å². The van der Waals surface area contributed by atoms with E-state index >= 15 is 0 Å². The third-order valence-corrected chi connectivity index (χ3v) is 5.87. The van der Waals surface area contributed by atoms with Gasteiger partial charge in [0.05, 0.1) is 0 Å². The van der Waals surface area contributed by atoms with Gasteiger partial charge in [0.15, 0.2) is 5.60 Å². The number of hydrogen-bond donors (Lipinski definition) is 0. The van der Waals surface area contributed by atoms with Gasteiger partial charge in [-0.2, -0.15) is 0 Å². The van der Waals surface area contributed by atoms with Gasteiger partial charge in [0, 0.05) is 16.7 Å². The highest BCUT2D eigenvalue weighted by Crippen LogP contribution is 2.41. The molecule has 1 unspecified atom stereocenters. The summed E-state index contributed by atoms with van der Waals surface area (Å²) < 4.78 is 6.93. The van der Waals surface area contributed by atoms with Crippen molar-refractivity contribution in [3.63, 3.8) is 0 Å². The minimum absolute atomic E-state index is 0.543. The van der Waals surface area contributed by atoms with Crippen LogP contribution in [0.25, 0.3) is 0 Å². The minimum atomic E-state index is -0.734. The molecule has 4 aromatic carbocycles. The van der Waals surface area contributed by atoms with Gasteiger partial charge in [0.25, 0.3) is 0 Å². The van der Waals surface area contributed by atoms with E-state index in [0.29, 0.717) is 5.92 Å². The number of hydrogen-bond acceptors (Lipinski definition) is 1. The largest absolute Gasteiger partial charge is 0.473 e. The summed E-state index contributed by atoms with van der Waals surface area (Å²) in [7, 11) is 0. The van der Waals surface area contributed by atoms with Crippen molar-refractivity contribution in [3.05, 3.63) is 138 Å². The van der Waals surface area contributed by atoms with Crippen molar-refractivity contribution in [2.75, 3.05) is 0 Å². The Morgan fingerprint density at radius 1 is 0.600 bits per heavy atom. The summed E-state index contributed by atoms with van der Waals surface area (Å²) in [6.07, 6.45) is 1.13. The summed E-state index contributed by atoms with van der Waals surface area (Å²) in [5.74, 6) is 1.40. The van der Waals surface area contributed by atoms with Gasteiger partial charge in [-0.3, -0.25) is 0 Å². The second kappa shape index (κ2) is 9.00. The highest BCUT2D eigenvalue weighted by atomic mass is 16.5. The van der Waals surface area contributed by atoms with Crippen molar-refractivity contribution in [1.29, 1.82) is 0 Å². The monoisotopic (exact) mass is 392 g/mol. The Balaban J connectivity index is 1.89. The summed E-state index contributed by atoms with van der Waals surface area (Å²) >= 11 is 0. The number of ether oxygens (including phenoxy) is 1. The lowest BCUT2D eigenvalue weighted by molar-refractivity contribution is 0.155. The van der Waals surface area contributed by atoms with Gasteiger partial charge >= 0.3 is 0 Å². The van der Waals surface area contributed by atoms with E-state index in [2.05, 4.69) is 111 Å². The average Bonchev–Trinajstić information content (AvgIpc) is 2.84. The lowest BCUT2D eigenvalue weighted by Gasteiger charge is -2.36. The first-order valence-corrected chi connectivity index (χ1v) is 10.7. The molecule has 30 heavy (non-hydrogen) atoms. The Kier molecular flexibility index (Phi) is 5.99. The van der Waals surface area contributed by atoms with Crippen LogP contribution in [0.3, 0.4) is 0 Å². The van der Waals surface area contributed by atoms with Gasteiger partial charge in [-0.1, -0.05) is 117 Å². The van der Waals surface area contributed by atoms with E-state index in [-0.39, 0.29) is 0 Å². The molecule has 0 aliphatic carbocycles. The molecule has 0 saturated heterocycles. The molecule has 0 N–H and O–H groups in total. The quantitative estimate of drug-likeness (QED) is 0.295. The zero-order chi connectivity index (χ0) is 20.8. The van der Waals surface area contributed by atoms with Crippen LogP contribution < -0.4 is 4.74 Å². The van der Waals surface area contributed by atoms with Gasteiger partial charge < -0.3 is 4.74 Å². The fraction of sp³-hybridized carbons (Fsp3) is 0.172. The Bertz CT molecular complexity index is 941. The first-order chi connectivity index (χ1) is 14.7. The molecule has 0 radical (unpaired) electrons. The van der Waals surface area contributed by atoms with Gasteiger partial charge in [-0.15, -0.1) is 0 Å². The summed E-state index contributed by atoms with van der Waals surface area (Å²) in [5, 5.41) is 0. The molecule has 0 aliphatic heterocycles. The second-order valence-electron chi connectivity index (χ2n) is 7.76. The predicted octanol–water partition coefficient (Wildman–Crippen LogP) is 7.57. The van der Waals surface area contributed by atoms with E-state index in [1.165, 1.54) is 5.56 Å². The van der Waals surface area contributed by atoms with Crippen molar-refractivity contribution < 1.29 is 4.74 Å². The maximum absolute atomic E-state index is 6.93. The smallest absolute Gasteiger partial charge is 0.184 e. The molecule has 1 nitrogen and oxygen atoms in total. The van der Waals surface area contributed by atoms with Gasteiger partial charge in [-0.05, 0) is 30.0 Å². The molecule has 0 bridgehead atoms. The molecular formula is C29H28O. The molecule has 0 fully saturated rings.